The molecule has 28 heavy (non-hydrogen) atoms. The number of piperidine rings is 1. The molecule has 1 aromatic carbocycles. The van der Waals surface area contributed by atoms with Crippen LogP contribution in [0.1, 0.15) is 24.8 Å². The summed E-state index contributed by atoms with van der Waals surface area (Å²) in [6.45, 7) is 9.71. The zero-order valence-corrected chi connectivity index (χ0v) is 17.5. The third-order valence-electron chi connectivity index (χ3n) is 5.64. The molecule has 0 atom stereocenters. The van der Waals surface area contributed by atoms with Gasteiger partial charge >= 0.3 is 0 Å². The molecule has 0 amide bonds. The Labute approximate surface area is 174 Å². The first-order chi connectivity index (χ1) is 13.7. The number of nitrogens with one attached hydrogen (secondary N) is 1. The quantitative estimate of drug-likeness (QED) is 0.393. The Balaban J connectivity index is 1.28. The van der Waals surface area contributed by atoms with E-state index in [-0.39, 0.29) is 0 Å². The maximum Gasteiger partial charge on any atom is 0.188 e. The Bertz CT molecular complexity index is 613. The highest BCUT2D eigenvalue weighted by atomic mass is 35.5. The molecule has 2 fully saturated rings. The summed E-state index contributed by atoms with van der Waals surface area (Å²) in [7, 11) is 0. The van der Waals surface area contributed by atoms with Gasteiger partial charge in [0.2, 0.25) is 0 Å². The number of halogens is 1. The summed E-state index contributed by atoms with van der Waals surface area (Å²) in [5.74, 6) is 1.21. The topological polar surface area (TPSA) is 66.1 Å². The number of nitrogens with two attached hydrogens (primary N) is 1. The van der Waals surface area contributed by atoms with Gasteiger partial charge in [0.25, 0.3) is 0 Å². The van der Waals surface area contributed by atoms with Gasteiger partial charge in [-0.1, -0.05) is 29.8 Å². The fourth-order valence-corrected chi connectivity index (χ4v) is 4.02. The summed E-state index contributed by atoms with van der Waals surface area (Å²) in [5.41, 5.74) is 7.25. The minimum Gasteiger partial charge on any atom is -0.379 e. The number of likely N-dealkylation sites (tertiary alicyclic amines) is 1. The Hall–Kier alpha value is -1.34. The van der Waals surface area contributed by atoms with E-state index in [1.807, 2.05) is 12.1 Å². The van der Waals surface area contributed by atoms with E-state index < -0.39 is 0 Å². The van der Waals surface area contributed by atoms with E-state index in [4.69, 9.17) is 22.1 Å². The van der Waals surface area contributed by atoms with Gasteiger partial charge in [-0.25, -0.2) is 0 Å². The van der Waals surface area contributed by atoms with Gasteiger partial charge in [-0.05, 0) is 56.4 Å². The first kappa shape index (κ1) is 21.4. The Morgan fingerprint density at radius 1 is 1.14 bits per heavy atom. The van der Waals surface area contributed by atoms with Crippen molar-refractivity contribution in [1.29, 1.82) is 0 Å². The summed E-state index contributed by atoms with van der Waals surface area (Å²) >= 11 is 6.28. The van der Waals surface area contributed by atoms with Gasteiger partial charge in [0.15, 0.2) is 5.96 Å². The number of hydrogen-bond donors (Lipinski definition) is 2. The van der Waals surface area contributed by atoms with Gasteiger partial charge in [-0.3, -0.25) is 14.8 Å². The van der Waals surface area contributed by atoms with Crippen molar-refractivity contribution in [3.05, 3.63) is 34.9 Å². The lowest BCUT2D eigenvalue weighted by atomic mass is 9.96. The molecule has 2 heterocycles. The van der Waals surface area contributed by atoms with Crippen LogP contribution < -0.4 is 11.1 Å². The molecule has 0 aromatic heterocycles. The second-order valence-corrected chi connectivity index (χ2v) is 8.18. The van der Waals surface area contributed by atoms with Crippen LogP contribution in [0.5, 0.6) is 0 Å². The predicted molar refractivity (Wildman–Crippen MR) is 116 cm³/mol. The van der Waals surface area contributed by atoms with Crippen LogP contribution in [0.2, 0.25) is 5.02 Å². The summed E-state index contributed by atoms with van der Waals surface area (Å²) < 4.78 is 5.37. The van der Waals surface area contributed by atoms with Crippen LogP contribution in [0.25, 0.3) is 0 Å². The Morgan fingerprint density at radius 3 is 2.64 bits per heavy atom. The smallest absolute Gasteiger partial charge is 0.188 e. The van der Waals surface area contributed by atoms with Gasteiger partial charge in [0, 0.05) is 37.7 Å². The van der Waals surface area contributed by atoms with Gasteiger partial charge in [0.05, 0.1) is 13.2 Å². The number of aliphatic imine (C=N–C) groups is 1. The number of hydrogen-bond acceptors (Lipinski definition) is 4. The molecule has 0 bridgehead atoms. The second kappa shape index (κ2) is 11.6. The van der Waals surface area contributed by atoms with Crippen molar-refractivity contribution in [3.63, 3.8) is 0 Å². The van der Waals surface area contributed by atoms with Crippen molar-refractivity contribution in [2.45, 2.75) is 25.8 Å². The van der Waals surface area contributed by atoms with Crippen molar-refractivity contribution in [2.24, 2.45) is 16.6 Å². The van der Waals surface area contributed by atoms with Crippen molar-refractivity contribution in [3.8, 4) is 0 Å². The molecule has 156 valence electrons. The highest BCUT2D eigenvalue weighted by Crippen LogP contribution is 2.22. The van der Waals surface area contributed by atoms with Crippen molar-refractivity contribution in [2.75, 3.05) is 59.0 Å². The minimum absolute atomic E-state index is 0.584. The SMILES string of the molecule is NC(=NCC1CCN(Cc2ccccc2Cl)CC1)NCCCN1CCOCC1. The average Bonchev–Trinajstić information content (AvgIpc) is 2.73. The van der Waals surface area contributed by atoms with Crippen LogP contribution in [-0.2, 0) is 11.3 Å². The molecule has 0 radical (unpaired) electrons. The van der Waals surface area contributed by atoms with Crippen molar-refractivity contribution >= 4 is 17.6 Å². The maximum absolute atomic E-state index is 6.28. The standard InChI is InChI=1S/C21H34ClN5O/c22-20-5-2-1-4-19(20)17-27-10-6-18(7-11-27)16-25-21(23)24-8-3-9-26-12-14-28-15-13-26/h1-2,4-5,18H,3,6-17H2,(H3,23,24,25). The molecule has 1 aromatic rings. The first-order valence-corrected chi connectivity index (χ1v) is 10.9. The predicted octanol–water partition coefficient (Wildman–Crippen LogP) is 2.18. The van der Waals surface area contributed by atoms with Crippen LogP contribution in [0.3, 0.4) is 0 Å². The molecule has 0 aliphatic carbocycles. The molecule has 6 nitrogen and oxygen atoms in total. The zero-order chi connectivity index (χ0) is 19.6. The fourth-order valence-electron chi connectivity index (χ4n) is 3.82. The van der Waals surface area contributed by atoms with Crippen LogP contribution in [0, 0.1) is 5.92 Å². The van der Waals surface area contributed by atoms with E-state index in [0.717, 1.165) is 89.9 Å². The Kier molecular flexibility index (Phi) is 8.86. The molecule has 2 aliphatic rings. The lowest BCUT2D eigenvalue weighted by molar-refractivity contribution is 0.0376. The molecule has 0 saturated carbocycles. The molecule has 3 rings (SSSR count). The fraction of sp³-hybridized carbons (Fsp3) is 0.667. The van der Waals surface area contributed by atoms with Gasteiger partial charge in [-0.15, -0.1) is 0 Å². The third-order valence-corrected chi connectivity index (χ3v) is 6.01. The van der Waals surface area contributed by atoms with Gasteiger partial charge < -0.3 is 15.8 Å². The highest BCUT2D eigenvalue weighted by Gasteiger charge is 2.19. The number of nitrogens with zero attached hydrogens (tertiary/aromatic N) is 3. The second-order valence-electron chi connectivity index (χ2n) is 7.77. The van der Waals surface area contributed by atoms with E-state index in [2.05, 4.69) is 32.2 Å². The van der Waals surface area contributed by atoms with E-state index in [9.17, 15) is 0 Å². The van der Waals surface area contributed by atoms with E-state index in [1.54, 1.807) is 0 Å². The van der Waals surface area contributed by atoms with Gasteiger partial charge in [-0.2, -0.15) is 0 Å². The lowest BCUT2D eigenvalue weighted by Gasteiger charge is -2.31. The number of rotatable bonds is 8. The van der Waals surface area contributed by atoms with Crippen LogP contribution in [-0.4, -0.2) is 74.8 Å². The molecular weight excluding hydrogens is 374 g/mol. The van der Waals surface area contributed by atoms with Crippen LogP contribution >= 0.6 is 11.6 Å². The monoisotopic (exact) mass is 407 g/mol. The minimum atomic E-state index is 0.584. The van der Waals surface area contributed by atoms with E-state index in [1.165, 1.54) is 5.56 Å². The number of benzene rings is 1. The average molecular weight is 408 g/mol. The zero-order valence-electron chi connectivity index (χ0n) is 16.8. The molecule has 7 heteroatoms. The summed E-state index contributed by atoms with van der Waals surface area (Å²) in [5, 5.41) is 4.12. The lowest BCUT2D eigenvalue weighted by Crippen LogP contribution is -2.39. The number of morpholine rings is 1. The normalized spacial score (nSPS) is 20.4. The number of ether oxygens (including phenoxy) is 1. The van der Waals surface area contributed by atoms with E-state index in [0.29, 0.717) is 11.9 Å². The Morgan fingerprint density at radius 2 is 1.89 bits per heavy atom. The molecule has 0 spiro atoms. The molecule has 2 saturated heterocycles. The first-order valence-electron chi connectivity index (χ1n) is 10.5. The summed E-state index contributed by atoms with van der Waals surface area (Å²) in [6, 6.07) is 8.12. The molecule has 3 N–H and O–H groups in total. The summed E-state index contributed by atoms with van der Waals surface area (Å²) in [6.07, 6.45) is 3.41. The van der Waals surface area contributed by atoms with Crippen LogP contribution in [0.4, 0.5) is 0 Å². The molecule has 2 aliphatic heterocycles. The molecule has 0 unspecified atom stereocenters. The molecular formula is C21H34ClN5O. The highest BCUT2D eigenvalue weighted by molar-refractivity contribution is 6.31. The maximum atomic E-state index is 6.28. The van der Waals surface area contributed by atoms with E-state index >= 15 is 0 Å². The third kappa shape index (κ3) is 7.24. The summed E-state index contributed by atoms with van der Waals surface area (Å²) in [4.78, 5) is 9.49. The van der Waals surface area contributed by atoms with Crippen molar-refractivity contribution < 1.29 is 4.74 Å². The largest absolute Gasteiger partial charge is 0.379 e. The van der Waals surface area contributed by atoms with Crippen LogP contribution in [0.15, 0.2) is 29.3 Å². The van der Waals surface area contributed by atoms with Crippen molar-refractivity contribution in [1.82, 2.24) is 15.1 Å². The van der Waals surface area contributed by atoms with Gasteiger partial charge in [0.1, 0.15) is 0 Å². The number of guanidine groups is 1.